The summed E-state index contributed by atoms with van der Waals surface area (Å²) >= 11 is 6.14. The summed E-state index contributed by atoms with van der Waals surface area (Å²) in [6, 6.07) is 13.7. The van der Waals surface area contributed by atoms with Crippen molar-refractivity contribution in [2.45, 2.75) is 0 Å². The van der Waals surface area contributed by atoms with E-state index in [1.165, 1.54) is 13.3 Å². The minimum atomic E-state index is -0.487. The number of methoxy groups -OCH3 is 1. The van der Waals surface area contributed by atoms with E-state index in [1.54, 1.807) is 48.5 Å². The first-order valence-electron chi connectivity index (χ1n) is 8.08. The molecule has 0 fully saturated rings. The Labute approximate surface area is 159 Å². The van der Waals surface area contributed by atoms with Crippen molar-refractivity contribution in [1.82, 2.24) is 9.97 Å². The van der Waals surface area contributed by atoms with Crippen molar-refractivity contribution >= 4 is 50.9 Å². The van der Waals surface area contributed by atoms with E-state index in [1.807, 2.05) is 0 Å². The number of esters is 1. The van der Waals surface area contributed by atoms with Crippen LogP contribution in [0.4, 0.5) is 11.5 Å². The highest BCUT2D eigenvalue weighted by atomic mass is 35.5. The van der Waals surface area contributed by atoms with E-state index in [2.05, 4.69) is 15.3 Å². The van der Waals surface area contributed by atoms with Crippen LogP contribution in [-0.4, -0.2) is 28.2 Å². The average Bonchev–Trinajstić information content (AvgIpc) is 2.67. The zero-order valence-corrected chi connectivity index (χ0v) is 15.0. The number of rotatable bonds is 3. The van der Waals surface area contributed by atoms with E-state index in [0.717, 1.165) is 5.39 Å². The molecule has 0 spiro atoms. The third kappa shape index (κ3) is 3.22. The smallest absolute Gasteiger partial charge is 0.339 e. The molecule has 2 heterocycles. The number of ether oxygens (including phenoxy) is 1. The van der Waals surface area contributed by atoms with Crippen LogP contribution in [0.2, 0.25) is 5.02 Å². The van der Waals surface area contributed by atoms with Crippen LogP contribution >= 0.6 is 11.6 Å². The van der Waals surface area contributed by atoms with Crippen LogP contribution in [0.5, 0.6) is 5.75 Å². The molecular weight excluding hydrogens is 366 g/mol. The Morgan fingerprint density at radius 1 is 1.15 bits per heavy atom. The molecule has 7 heteroatoms. The molecule has 4 rings (SSSR count). The minimum absolute atomic E-state index is 0.130. The molecule has 0 saturated heterocycles. The van der Waals surface area contributed by atoms with E-state index in [0.29, 0.717) is 38.5 Å². The zero-order chi connectivity index (χ0) is 19.0. The number of phenolic OH excluding ortho intramolecular Hbond substituents is 1. The molecule has 2 aromatic heterocycles. The van der Waals surface area contributed by atoms with Gasteiger partial charge >= 0.3 is 5.97 Å². The maximum Gasteiger partial charge on any atom is 0.339 e. The summed E-state index contributed by atoms with van der Waals surface area (Å²) in [7, 11) is 1.32. The van der Waals surface area contributed by atoms with Gasteiger partial charge in [-0.3, -0.25) is 4.98 Å². The lowest BCUT2D eigenvalue weighted by Gasteiger charge is -2.12. The third-order valence-corrected chi connectivity index (χ3v) is 4.35. The molecular formula is C20H14ClN3O3. The SMILES string of the molecule is COC(=O)c1cnc2c(c1)c(Nc1cccc(O)c1)nc1ccc(Cl)cc12. The molecule has 0 aliphatic rings. The van der Waals surface area contributed by atoms with Gasteiger partial charge in [-0.25, -0.2) is 9.78 Å². The van der Waals surface area contributed by atoms with E-state index in [-0.39, 0.29) is 5.75 Å². The van der Waals surface area contributed by atoms with Crippen molar-refractivity contribution < 1.29 is 14.6 Å². The Hall–Kier alpha value is -3.38. The second-order valence-electron chi connectivity index (χ2n) is 5.91. The summed E-state index contributed by atoms with van der Waals surface area (Å²) in [6.45, 7) is 0. The number of phenols is 1. The lowest BCUT2D eigenvalue weighted by Crippen LogP contribution is -2.03. The first kappa shape index (κ1) is 17.1. The standard InChI is InChI=1S/C20H14ClN3O3/c1-27-20(26)11-7-16-18(22-10-11)15-8-12(21)5-6-17(15)24-19(16)23-13-3-2-4-14(25)9-13/h2-10,25H,1H3,(H,23,24). The number of carbonyl (C=O) groups excluding carboxylic acids is 1. The minimum Gasteiger partial charge on any atom is -0.508 e. The van der Waals surface area contributed by atoms with Crippen molar-refractivity contribution in [3.05, 3.63) is 65.3 Å². The second kappa shape index (κ2) is 6.74. The number of benzene rings is 2. The molecule has 2 aromatic carbocycles. The molecule has 0 saturated carbocycles. The molecule has 0 radical (unpaired) electrons. The molecule has 2 N–H and O–H groups in total. The van der Waals surface area contributed by atoms with Crippen molar-refractivity contribution in [3.63, 3.8) is 0 Å². The van der Waals surface area contributed by atoms with Gasteiger partial charge in [0.1, 0.15) is 11.6 Å². The lowest BCUT2D eigenvalue weighted by molar-refractivity contribution is 0.0600. The molecule has 134 valence electrons. The highest BCUT2D eigenvalue weighted by molar-refractivity contribution is 6.31. The number of aromatic hydroxyl groups is 1. The Bertz CT molecular complexity index is 1190. The molecule has 4 aromatic rings. The molecule has 6 nitrogen and oxygen atoms in total. The number of anilines is 2. The van der Waals surface area contributed by atoms with Crippen LogP contribution < -0.4 is 5.32 Å². The maximum atomic E-state index is 11.9. The quantitative estimate of drug-likeness (QED) is 0.397. The first-order chi connectivity index (χ1) is 13.0. The van der Waals surface area contributed by atoms with Crippen molar-refractivity contribution in [3.8, 4) is 5.75 Å². The molecule has 0 aliphatic heterocycles. The number of halogens is 1. The van der Waals surface area contributed by atoms with Gasteiger partial charge < -0.3 is 15.2 Å². The molecule has 0 atom stereocenters. The Balaban J connectivity index is 1.98. The monoisotopic (exact) mass is 379 g/mol. The molecule has 0 unspecified atom stereocenters. The fourth-order valence-corrected chi connectivity index (χ4v) is 3.05. The summed E-state index contributed by atoms with van der Waals surface area (Å²) in [5.74, 6) is 0.146. The van der Waals surface area contributed by atoms with Gasteiger partial charge in [-0.15, -0.1) is 0 Å². The topological polar surface area (TPSA) is 84.3 Å². The van der Waals surface area contributed by atoms with Gasteiger partial charge in [-0.2, -0.15) is 0 Å². The van der Waals surface area contributed by atoms with Gasteiger partial charge in [0.15, 0.2) is 0 Å². The maximum absolute atomic E-state index is 11.9. The van der Waals surface area contributed by atoms with E-state index in [4.69, 9.17) is 16.3 Å². The normalized spacial score (nSPS) is 10.9. The molecule has 27 heavy (non-hydrogen) atoms. The Morgan fingerprint density at radius 3 is 2.78 bits per heavy atom. The highest BCUT2D eigenvalue weighted by Crippen LogP contribution is 2.32. The molecule has 0 aliphatic carbocycles. The van der Waals surface area contributed by atoms with Gasteiger partial charge in [0, 0.05) is 33.7 Å². The fourth-order valence-electron chi connectivity index (χ4n) is 2.88. The molecule has 0 bridgehead atoms. The number of hydrogen-bond acceptors (Lipinski definition) is 6. The van der Waals surface area contributed by atoms with E-state index in [9.17, 15) is 9.90 Å². The van der Waals surface area contributed by atoms with Crippen LogP contribution in [0.25, 0.3) is 21.8 Å². The van der Waals surface area contributed by atoms with Gasteiger partial charge in [-0.1, -0.05) is 17.7 Å². The van der Waals surface area contributed by atoms with E-state index >= 15 is 0 Å². The van der Waals surface area contributed by atoms with Crippen LogP contribution in [0.3, 0.4) is 0 Å². The number of fused-ring (bicyclic) bond motifs is 3. The fraction of sp³-hybridized carbons (Fsp3) is 0.0500. The molecule has 0 amide bonds. The van der Waals surface area contributed by atoms with Gasteiger partial charge in [0.2, 0.25) is 0 Å². The lowest BCUT2D eigenvalue weighted by atomic mass is 10.1. The third-order valence-electron chi connectivity index (χ3n) is 4.12. The summed E-state index contributed by atoms with van der Waals surface area (Å²) in [4.78, 5) is 21.0. The summed E-state index contributed by atoms with van der Waals surface area (Å²) in [6.07, 6.45) is 1.46. The number of pyridine rings is 2. The Morgan fingerprint density at radius 2 is 2.00 bits per heavy atom. The van der Waals surface area contributed by atoms with E-state index < -0.39 is 5.97 Å². The summed E-state index contributed by atoms with van der Waals surface area (Å²) < 4.78 is 4.79. The summed E-state index contributed by atoms with van der Waals surface area (Å²) in [5, 5.41) is 14.9. The van der Waals surface area contributed by atoms with Crippen LogP contribution in [0, 0.1) is 0 Å². The van der Waals surface area contributed by atoms with Gasteiger partial charge in [0.05, 0.1) is 23.7 Å². The van der Waals surface area contributed by atoms with Crippen molar-refractivity contribution in [2.75, 3.05) is 12.4 Å². The number of hydrogen-bond donors (Lipinski definition) is 2. The van der Waals surface area contributed by atoms with Gasteiger partial charge in [-0.05, 0) is 36.4 Å². The van der Waals surface area contributed by atoms with Crippen LogP contribution in [0.15, 0.2) is 54.7 Å². The predicted octanol–water partition coefficient (Wildman–Crippen LogP) is 4.67. The predicted molar refractivity (Wildman–Crippen MR) is 105 cm³/mol. The highest BCUT2D eigenvalue weighted by Gasteiger charge is 2.14. The summed E-state index contributed by atoms with van der Waals surface area (Å²) in [5.41, 5.74) is 2.32. The number of carbonyl (C=O) groups is 1. The number of nitrogens with zero attached hydrogens (tertiary/aromatic N) is 2. The zero-order valence-electron chi connectivity index (χ0n) is 14.2. The van der Waals surface area contributed by atoms with Crippen molar-refractivity contribution in [2.24, 2.45) is 0 Å². The van der Waals surface area contributed by atoms with Gasteiger partial charge in [0.25, 0.3) is 0 Å². The average molecular weight is 380 g/mol. The Kier molecular flexibility index (Phi) is 4.25. The largest absolute Gasteiger partial charge is 0.508 e. The number of aromatic nitrogens is 2. The first-order valence-corrected chi connectivity index (χ1v) is 8.46. The van der Waals surface area contributed by atoms with Crippen molar-refractivity contribution in [1.29, 1.82) is 0 Å². The van der Waals surface area contributed by atoms with Crippen LogP contribution in [-0.2, 0) is 4.74 Å². The second-order valence-corrected chi connectivity index (χ2v) is 6.35. The number of nitrogens with one attached hydrogen (secondary N) is 1. The van der Waals surface area contributed by atoms with Crippen LogP contribution in [0.1, 0.15) is 10.4 Å².